The lowest BCUT2D eigenvalue weighted by Crippen LogP contribution is -2.12. The van der Waals surface area contributed by atoms with Crippen molar-refractivity contribution in [3.05, 3.63) is 18.0 Å². The predicted octanol–water partition coefficient (Wildman–Crippen LogP) is 3.40. The molecule has 25 heavy (non-hydrogen) atoms. The smallest absolute Gasteiger partial charge is 0.311 e. The van der Waals surface area contributed by atoms with Crippen molar-refractivity contribution in [2.45, 2.75) is 58.3 Å². The number of carboxylic acid groups (broad SMARTS) is 1. The summed E-state index contributed by atoms with van der Waals surface area (Å²) in [5, 5.41) is 8.54. The average Bonchev–Trinajstić information content (AvgIpc) is 2.56. The van der Waals surface area contributed by atoms with Crippen LogP contribution in [0.3, 0.4) is 0 Å². The standard InChI is InChI=1S/C18H25NO6/c1-13(20)17-18(14(24-2)11-12-19-17)25-16(23)10-8-6-4-3-5-7-9-15(21)22/h11-12H,3-10H2,1-2H3,(H,21,22). The van der Waals surface area contributed by atoms with Gasteiger partial charge >= 0.3 is 11.9 Å². The molecule has 1 aromatic rings. The second kappa shape index (κ2) is 11.2. The lowest BCUT2D eigenvalue weighted by molar-refractivity contribution is -0.137. The zero-order valence-corrected chi connectivity index (χ0v) is 14.7. The summed E-state index contributed by atoms with van der Waals surface area (Å²) in [5.41, 5.74) is 0.0751. The Bertz CT molecular complexity index is 599. The lowest BCUT2D eigenvalue weighted by Gasteiger charge is -2.11. The minimum atomic E-state index is -0.765. The van der Waals surface area contributed by atoms with Crippen molar-refractivity contribution < 1.29 is 29.0 Å². The molecule has 0 spiro atoms. The Balaban J connectivity index is 2.35. The number of rotatable bonds is 12. The van der Waals surface area contributed by atoms with E-state index in [1.54, 1.807) is 0 Å². The first-order chi connectivity index (χ1) is 12.0. The Morgan fingerprint density at radius 2 is 1.64 bits per heavy atom. The van der Waals surface area contributed by atoms with Crippen molar-refractivity contribution in [2.24, 2.45) is 0 Å². The maximum atomic E-state index is 12.0. The summed E-state index contributed by atoms with van der Waals surface area (Å²) in [6.07, 6.45) is 6.88. The van der Waals surface area contributed by atoms with Gasteiger partial charge in [0.1, 0.15) is 0 Å². The van der Waals surface area contributed by atoms with Gasteiger partial charge in [0.05, 0.1) is 7.11 Å². The lowest BCUT2D eigenvalue weighted by atomic mass is 10.1. The third-order valence-corrected chi connectivity index (χ3v) is 3.66. The molecule has 0 saturated carbocycles. The number of carboxylic acids is 1. The molecule has 0 atom stereocenters. The monoisotopic (exact) mass is 351 g/mol. The Kier molecular flexibility index (Phi) is 9.21. The van der Waals surface area contributed by atoms with Gasteiger partial charge in [0.15, 0.2) is 17.2 Å². The third-order valence-electron chi connectivity index (χ3n) is 3.66. The number of ketones is 1. The van der Waals surface area contributed by atoms with Gasteiger partial charge in [-0.05, 0) is 12.8 Å². The van der Waals surface area contributed by atoms with E-state index in [0.29, 0.717) is 18.6 Å². The highest BCUT2D eigenvalue weighted by molar-refractivity contribution is 5.96. The number of nitrogens with zero attached hydrogens (tertiary/aromatic N) is 1. The van der Waals surface area contributed by atoms with E-state index < -0.39 is 11.9 Å². The molecule has 0 unspecified atom stereocenters. The highest BCUT2D eigenvalue weighted by Crippen LogP contribution is 2.30. The molecule has 0 amide bonds. The van der Waals surface area contributed by atoms with Gasteiger partial charge in [0.25, 0.3) is 0 Å². The van der Waals surface area contributed by atoms with Crippen LogP contribution in [-0.4, -0.2) is 34.9 Å². The van der Waals surface area contributed by atoms with Crippen molar-refractivity contribution in [3.63, 3.8) is 0 Å². The van der Waals surface area contributed by atoms with E-state index in [1.165, 1.54) is 26.3 Å². The Morgan fingerprint density at radius 1 is 1.04 bits per heavy atom. The quantitative estimate of drug-likeness (QED) is 0.350. The van der Waals surface area contributed by atoms with Gasteiger partial charge in [0, 0.05) is 32.0 Å². The fraction of sp³-hybridized carbons (Fsp3) is 0.556. The molecule has 0 aliphatic carbocycles. The Hall–Kier alpha value is -2.44. The molecule has 0 aromatic carbocycles. The molecule has 0 radical (unpaired) electrons. The summed E-state index contributed by atoms with van der Waals surface area (Å²) >= 11 is 0. The highest BCUT2D eigenvalue weighted by atomic mass is 16.6. The molecule has 0 aliphatic rings. The number of ether oxygens (including phenoxy) is 2. The minimum absolute atomic E-state index is 0.0659. The summed E-state index contributed by atoms with van der Waals surface area (Å²) in [7, 11) is 1.43. The third kappa shape index (κ3) is 7.78. The summed E-state index contributed by atoms with van der Waals surface area (Å²) in [6.45, 7) is 1.35. The molecular weight excluding hydrogens is 326 g/mol. The van der Waals surface area contributed by atoms with Crippen LogP contribution < -0.4 is 9.47 Å². The van der Waals surface area contributed by atoms with Crippen LogP contribution in [0.2, 0.25) is 0 Å². The van der Waals surface area contributed by atoms with Crippen LogP contribution in [0.1, 0.15) is 68.8 Å². The van der Waals surface area contributed by atoms with Gasteiger partial charge in [-0.15, -0.1) is 0 Å². The molecule has 7 heteroatoms. The van der Waals surface area contributed by atoms with Crippen molar-refractivity contribution in [1.82, 2.24) is 4.98 Å². The van der Waals surface area contributed by atoms with Crippen molar-refractivity contribution in [2.75, 3.05) is 7.11 Å². The van der Waals surface area contributed by atoms with Crippen molar-refractivity contribution >= 4 is 17.7 Å². The topological polar surface area (TPSA) is 103 Å². The largest absolute Gasteiger partial charge is 0.493 e. The zero-order valence-electron chi connectivity index (χ0n) is 14.7. The Morgan fingerprint density at radius 3 is 2.20 bits per heavy atom. The number of carbonyl (C=O) groups excluding carboxylic acids is 2. The molecule has 0 fully saturated rings. The molecular formula is C18H25NO6. The molecule has 7 nitrogen and oxygen atoms in total. The molecule has 0 aliphatic heterocycles. The van der Waals surface area contributed by atoms with Crippen molar-refractivity contribution in [3.8, 4) is 11.5 Å². The highest BCUT2D eigenvalue weighted by Gasteiger charge is 2.18. The maximum absolute atomic E-state index is 12.0. The molecule has 138 valence electrons. The van der Waals surface area contributed by atoms with E-state index in [-0.39, 0.29) is 30.1 Å². The summed E-state index contributed by atoms with van der Waals surface area (Å²) in [4.78, 5) is 37.9. The maximum Gasteiger partial charge on any atom is 0.311 e. The zero-order chi connectivity index (χ0) is 18.7. The van der Waals surface area contributed by atoms with Crippen LogP contribution in [0.15, 0.2) is 12.3 Å². The number of methoxy groups -OCH3 is 1. The predicted molar refractivity (Wildman–Crippen MR) is 91.0 cm³/mol. The van der Waals surface area contributed by atoms with Gasteiger partial charge in [-0.3, -0.25) is 14.4 Å². The van der Waals surface area contributed by atoms with Crippen LogP contribution in [0.4, 0.5) is 0 Å². The van der Waals surface area contributed by atoms with Gasteiger partial charge in [-0.2, -0.15) is 0 Å². The minimum Gasteiger partial charge on any atom is -0.493 e. The first-order valence-corrected chi connectivity index (χ1v) is 8.42. The van der Waals surface area contributed by atoms with Crippen LogP contribution in [0.5, 0.6) is 11.5 Å². The normalized spacial score (nSPS) is 10.3. The van der Waals surface area contributed by atoms with Gasteiger partial charge in [-0.1, -0.05) is 25.7 Å². The van der Waals surface area contributed by atoms with E-state index in [4.69, 9.17) is 14.6 Å². The summed E-state index contributed by atoms with van der Waals surface area (Å²) in [6, 6.07) is 1.53. The molecule has 0 saturated heterocycles. The SMILES string of the molecule is COc1ccnc(C(C)=O)c1OC(=O)CCCCCCCCC(=O)O. The van der Waals surface area contributed by atoms with Crippen LogP contribution in [-0.2, 0) is 9.59 Å². The number of pyridine rings is 1. The first kappa shape index (κ1) is 20.6. The molecule has 1 heterocycles. The first-order valence-electron chi connectivity index (χ1n) is 8.42. The number of Topliss-reactive ketones (excluding diaryl/α,β-unsaturated/α-hetero) is 1. The van der Waals surface area contributed by atoms with Crippen LogP contribution in [0.25, 0.3) is 0 Å². The Labute approximate surface area is 147 Å². The van der Waals surface area contributed by atoms with Crippen LogP contribution >= 0.6 is 0 Å². The van der Waals surface area contributed by atoms with Crippen molar-refractivity contribution in [1.29, 1.82) is 0 Å². The second-order valence-electron chi connectivity index (χ2n) is 5.74. The number of hydrogen-bond acceptors (Lipinski definition) is 6. The second-order valence-corrected chi connectivity index (χ2v) is 5.74. The number of esters is 1. The molecule has 1 aromatic heterocycles. The summed E-state index contributed by atoms with van der Waals surface area (Å²) in [5.74, 6) is -1.13. The van der Waals surface area contributed by atoms with E-state index in [2.05, 4.69) is 4.98 Å². The van der Waals surface area contributed by atoms with E-state index >= 15 is 0 Å². The fourth-order valence-electron chi connectivity index (χ4n) is 2.36. The van der Waals surface area contributed by atoms with Gasteiger partial charge in [0.2, 0.25) is 5.75 Å². The summed E-state index contributed by atoms with van der Waals surface area (Å²) < 4.78 is 10.4. The fourth-order valence-corrected chi connectivity index (χ4v) is 2.36. The molecule has 0 bridgehead atoms. The molecule has 1 N–H and O–H groups in total. The average molecular weight is 351 g/mol. The van der Waals surface area contributed by atoms with Crippen LogP contribution in [0, 0.1) is 0 Å². The number of aliphatic carboxylic acids is 1. The van der Waals surface area contributed by atoms with Gasteiger partial charge in [-0.25, -0.2) is 4.98 Å². The van der Waals surface area contributed by atoms with Gasteiger partial charge < -0.3 is 14.6 Å². The van der Waals surface area contributed by atoms with E-state index in [1.807, 2.05) is 0 Å². The number of aromatic nitrogens is 1. The molecule has 1 rings (SSSR count). The van der Waals surface area contributed by atoms with E-state index in [0.717, 1.165) is 25.7 Å². The number of carbonyl (C=O) groups is 3. The number of hydrogen-bond donors (Lipinski definition) is 1. The van der Waals surface area contributed by atoms with E-state index in [9.17, 15) is 14.4 Å². The number of unbranched alkanes of at least 4 members (excludes halogenated alkanes) is 5.